The van der Waals surface area contributed by atoms with Crippen LogP contribution in [-0.2, 0) is 6.42 Å². The number of nitrogens with zero attached hydrogens (tertiary/aromatic N) is 1. The Balaban J connectivity index is 2.40. The summed E-state index contributed by atoms with van der Waals surface area (Å²) in [6.07, 6.45) is 6.14. The van der Waals surface area contributed by atoms with Crippen molar-refractivity contribution in [3.05, 3.63) is 29.8 Å². The third-order valence-electron chi connectivity index (χ3n) is 2.99. The summed E-state index contributed by atoms with van der Waals surface area (Å²) in [7, 11) is 0. The van der Waals surface area contributed by atoms with E-state index in [9.17, 15) is 0 Å². The second-order valence-corrected chi connectivity index (χ2v) is 4.12. The number of fused-ring (bicyclic) bond motifs is 1. The van der Waals surface area contributed by atoms with E-state index in [4.69, 9.17) is 10.4 Å². The Labute approximate surface area is 102 Å². The molecule has 17 heavy (non-hydrogen) atoms. The van der Waals surface area contributed by atoms with Crippen LogP contribution in [0.25, 0.3) is 6.08 Å². The molecule has 0 spiro atoms. The van der Waals surface area contributed by atoms with Gasteiger partial charge in [0.15, 0.2) is 0 Å². The maximum atomic E-state index is 5.83. The first kappa shape index (κ1) is 11.9. The van der Waals surface area contributed by atoms with E-state index < -0.39 is 0 Å². The molecule has 1 heterocycles. The molecule has 1 aromatic rings. The Bertz CT molecular complexity index is 457. The van der Waals surface area contributed by atoms with Crippen LogP contribution in [0.5, 0.6) is 5.75 Å². The topological polar surface area (TPSA) is 47.6 Å². The van der Waals surface area contributed by atoms with Crippen LogP contribution in [0.1, 0.15) is 18.1 Å². The molecule has 0 aliphatic carbocycles. The lowest BCUT2D eigenvalue weighted by Gasteiger charge is -2.23. The fourth-order valence-electron chi connectivity index (χ4n) is 2.07. The number of hydrogen-bond acceptors (Lipinski definition) is 3. The van der Waals surface area contributed by atoms with Crippen molar-refractivity contribution in [1.82, 2.24) is 0 Å². The minimum Gasteiger partial charge on any atom is -0.559 e. The number of hydrogen-bond donors (Lipinski definition) is 1. The minimum atomic E-state index is 0.140. The molecule has 3 nitrogen and oxygen atoms in total. The number of aryl methyl sites for hydroxylation is 1. The van der Waals surface area contributed by atoms with Crippen molar-refractivity contribution in [3.8, 4) is 5.75 Å². The molecule has 0 saturated carbocycles. The van der Waals surface area contributed by atoms with Gasteiger partial charge in [0, 0.05) is 18.2 Å². The summed E-state index contributed by atoms with van der Waals surface area (Å²) < 4.78 is 5.83. The van der Waals surface area contributed by atoms with Gasteiger partial charge in [0.1, 0.15) is 5.75 Å². The highest BCUT2D eigenvalue weighted by molar-refractivity contribution is 6.53. The predicted octanol–water partition coefficient (Wildman–Crippen LogP) is 2.48. The van der Waals surface area contributed by atoms with Crippen molar-refractivity contribution in [2.45, 2.75) is 19.7 Å². The van der Waals surface area contributed by atoms with E-state index in [0.717, 1.165) is 29.7 Å². The Morgan fingerprint density at radius 2 is 2.41 bits per heavy atom. The number of benzene rings is 1. The van der Waals surface area contributed by atoms with Crippen molar-refractivity contribution in [2.75, 3.05) is 6.44 Å². The predicted molar refractivity (Wildman–Crippen MR) is 74.3 cm³/mol. The second-order valence-electron chi connectivity index (χ2n) is 4.12. The van der Waals surface area contributed by atoms with Crippen molar-refractivity contribution < 1.29 is 4.65 Å². The third-order valence-corrected chi connectivity index (χ3v) is 2.99. The third kappa shape index (κ3) is 2.42. The molecule has 0 aromatic heterocycles. The van der Waals surface area contributed by atoms with Crippen LogP contribution in [0, 0.1) is 0 Å². The average molecular weight is 228 g/mol. The molecular weight excluding hydrogens is 211 g/mol. The molecule has 1 aliphatic rings. The first-order valence-electron chi connectivity index (χ1n) is 5.93. The van der Waals surface area contributed by atoms with Crippen molar-refractivity contribution in [3.63, 3.8) is 0 Å². The van der Waals surface area contributed by atoms with Gasteiger partial charge in [0.05, 0.1) is 5.69 Å². The van der Waals surface area contributed by atoms with E-state index >= 15 is 0 Å². The van der Waals surface area contributed by atoms with Gasteiger partial charge in [-0.3, -0.25) is 4.99 Å². The van der Waals surface area contributed by atoms with Crippen molar-refractivity contribution in [2.24, 2.45) is 10.7 Å². The van der Waals surface area contributed by atoms with Gasteiger partial charge in [0.2, 0.25) is 0 Å². The Morgan fingerprint density at radius 3 is 3.06 bits per heavy atom. The van der Waals surface area contributed by atoms with Gasteiger partial charge in [-0.25, -0.2) is 0 Å². The molecule has 0 amide bonds. The maximum absolute atomic E-state index is 5.83. The first-order valence-corrected chi connectivity index (χ1v) is 5.93. The number of aliphatic imine (C=N–C) groups is 1. The molecule has 0 radical (unpaired) electrons. The van der Waals surface area contributed by atoms with Crippen molar-refractivity contribution >= 4 is 24.9 Å². The highest BCUT2D eigenvalue weighted by atomic mass is 16.4. The average Bonchev–Trinajstić information content (AvgIpc) is 2.37. The Morgan fingerprint density at radius 1 is 1.59 bits per heavy atom. The van der Waals surface area contributed by atoms with Crippen LogP contribution < -0.4 is 10.4 Å². The molecule has 1 aromatic carbocycles. The van der Waals surface area contributed by atoms with E-state index in [2.05, 4.69) is 17.6 Å². The summed E-state index contributed by atoms with van der Waals surface area (Å²) in [5.74, 6) is 0.927. The summed E-state index contributed by atoms with van der Waals surface area (Å²) in [5.41, 5.74) is 8.80. The SMILES string of the molecule is C=Cc1cc2c(cc1N=CC)CCB(CN)O2. The highest BCUT2D eigenvalue weighted by Gasteiger charge is 2.23. The Hall–Kier alpha value is -1.55. The second kappa shape index (κ2) is 5.19. The zero-order valence-corrected chi connectivity index (χ0v) is 10.1. The lowest BCUT2D eigenvalue weighted by molar-refractivity contribution is 0.538. The van der Waals surface area contributed by atoms with Crippen molar-refractivity contribution in [1.29, 1.82) is 0 Å². The van der Waals surface area contributed by atoms with Gasteiger partial charge in [0.25, 0.3) is 0 Å². The minimum absolute atomic E-state index is 0.140. The first-order chi connectivity index (χ1) is 8.28. The van der Waals surface area contributed by atoms with E-state index in [-0.39, 0.29) is 6.92 Å². The molecule has 0 unspecified atom stereocenters. The van der Waals surface area contributed by atoms with Gasteiger partial charge < -0.3 is 10.4 Å². The standard InChI is InChI=1S/C13H17BN2O/c1-3-10-8-13-11(7-12(10)16-4-2)5-6-14(9-15)17-13/h3-4,7-8H,1,5-6,9,15H2,2H3. The zero-order valence-electron chi connectivity index (χ0n) is 10.1. The highest BCUT2D eigenvalue weighted by Crippen LogP contribution is 2.34. The molecule has 0 fully saturated rings. The number of nitrogens with two attached hydrogens (primary N) is 1. The summed E-state index contributed by atoms with van der Waals surface area (Å²) in [6.45, 7) is 5.86. The molecule has 2 rings (SSSR count). The largest absolute Gasteiger partial charge is 0.559 e. The molecular formula is C13H17BN2O. The maximum Gasteiger partial charge on any atom is 0.371 e. The monoisotopic (exact) mass is 228 g/mol. The molecule has 0 saturated heterocycles. The molecule has 4 heteroatoms. The fraction of sp³-hybridized carbons (Fsp3) is 0.308. The van der Waals surface area contributed by atoms with Crippen LogP contribution in [0.2, 0.25) is 6.32 Å². The van der Waals surface area contributed by atoms with E-state index in [1.165, 1.54) is 5.56 Å². The molecule has 1 aliphatic heterocycles. The van der Waals surface area contributed by atoms with Crippen LogP contribution in [0.3, 0.4) is 0 Å². The normalized spacial score (nSPS) is 14.6. The number of rotatable bonds is 3. The fourth-order valence-corrected chi connectivity index (χ4v) is 2.07. The Kier molecular flexibility index (Phi) is 3.64. The van der Waals surface area contributed by atoms with E-state index in [1.807, 2.05) is 13.0 Å². The van der Waals surface area contributed by atoms with Gasteiger partial charge in [-0.2, -0.15) is 0 Å². The van der Waals surface area contributed by atoms with Gasteiger partial charge in [-0.15, -0.1) is 0 Å². The van der Waals surface area contributed by atoms with Crippen LogP contribution >= 0.6 is 0 Å². The lowest BCUT2D eigenvalue weighted by Crippen LogP contribution is -2.35. The molecule has 0 atom stereocenters. The van der Waals surface area contributed by atoms with Gasteiger partial charge in [-0.1, -0.05) is 12.7 Å². The van der Waals surface area contributed by atoms with Crippen LogP contribution in [0.15, 0.2) is 23.7 Å². The quantitative estimate of drug-likeness (QED) is 0.638. The summed E-state index contributed by atoms with van der Waals surface area (Å²) in [5, 5.41) is 0. The smallest absolute Gasteiger partial charge is 0.371 e. The molecule has 0 bridgehead atoms. The van der Waals surface area contributed by atoms with Gasteiger partial charge in [-0.05, 0) is 37.4 Å². The zero-order chi connectivity index (χ0) is 12.3. The summed E-state index contributed by atoms with van der Waals surface area (Å²) in [4.78, 5) is 4.35. The van der Waals surface area contributed by atoms with Gasteiger partial charge >= 0.3 is 6.92 Å². The molecule has 2 N–H and O–H groups in total. The van der Waals surface area contributed by atoms with E-state index in [0.29, 0.717) is 6.44 Å². The van der Waals surface area contributed by atoms with E-state index in [1.54, 1.807) is 12.3 Å². The summed E-state index contributed by atoms with van der Waals surface area (Å²) in [6, 6.07) is 4.09. The van der Waals surface area contributed by atoms with Crippen LogP contribution in [-0.4, -0.2) is 19.6 Å². The van der Waals surface area contributed by atoms with Crippen LogP contribution in [0.4, 0.5) is 5.69 Å². The molecule has 88 valence electrons. The lowest BCUT2D eigenvalue weighted by atomic mass is 9.61. The summed E-state index contributed by atoms with van der Waals surface area (Å²) >= 11 is 0.